The molecule has 1 aliphatic rings. The first-order valence-corrected chi connectivity index (χ1v) is 9.20. The summed E-state index contributed by atoms with van der Waals surface area (Å²) >= 11 is 0. The van der Waals surface area contributed by atoms with Crippen LogP contribution in [0.3, 0.4) is 0 Å². The molecule has 1 saturated carbocycles. The molecule has 1 aromatic rings. The van der Waals surface area contributed by atoms with Gasteiger partial charge in [0.05, 0.1) is 6.61 Å². The highest BCUT2D eigenvalue weighted by Gasteiger charge is 2.21. The first-order chi connectivity index (χ1) is 10.8. The van der Waals surface area contributed by atoms with Gasteiger partial charge in [0, 0.05) is 0 Å². The topological polar surface area (TPSA) is 9.23 Å². The Hall–Kier alpha value is -1.24. The SMILES string of the molecule is CCC=C[C@H]1CC[C@H](c2ccc(OCC)c(CCC)c2)CC1. The van der Waals surface area contributed by atoms with Gasteiger partial charge in [-0.2, -0.15) is 0 Å². The average molecular weight is 300 g/mol. The summed E-state index contributed by atoms with van der Waals surface area (Å²) < 4.78 is 5.78. The molecular formula is C21H32O. The van der Waals surface area contributed by atoms with Crippen molar-refractivity contribution >= 4 is 0 Å². The van der Waals surface area contributed by atoms with Gasteiger partial charge in [-0.1, -0.05) is 44.6 Å². The normalized spacial score (nSPS) is 22.1. The second-order valence-corrected chi connectivity index (χ2v) is 6.50. The largest absolute Gasteiger partial charge is 0.494 e. The highest BCUT2D eigenvalue weighted by Crippen LogP contribution is 2.37. The Labute approximate surface area is 136 Å². The molecule has 0 bridgehead atoms. The summed E-state index contributed by atoms with van der Waals surface area (Å²) in [7, 11) is 0. The minimum atomic E-state index is 0.748. The summed E-state index contributed by atoms with van der Waals surface area (Å²) in [6, 6.07) is 6.92. The van der Waals surface area contributed by atoms with Gasteiger partial charge in [0.25, 0.3) is 0 Å². The molecular weight excluding hydrogens is 268 g/mol. The van der Waals surface area contributed by atoms with Crippen molar-refractivity contribution < 1.29 is 4.74 Å². The molecule has 0 unspecified atom stereocenters. The molecule has 0 heterocycles. The Morgan fingerprint density at radius 3 is 2.50 bits per heavy atom. The van der Waals surface area contributed by atoms with Gasteiger partial charge in [0.15, 0.2) is 0 Å². The third kappa shape index (κ3) is 4.63. The number of benzene rings is 1. The lowest BCUT2D eigenvalue weighted by Crippen LogP contribution is -2.12. The minimum absolute atomic E-state index is 0.748. The molecule has 1 fully saturated rings. The van der Waals surface area contributed by atoms with Crippen molar-refractivity contribution in [1.82, 2.24) is 0 Å². The van der Waals surface area contributed by atoms with Crippen molar-refractivity contribution in [2.45, 2.75) is 71.6 Å². The number of hydrogen-bond acceptors (Lipinski definition) is 1. The molecule has 1 aliphatic carbocycles. The van der Waals surface area contributed by atoms with Crippen molar-refractivity contribution in [2.24, 2.45) is 5.92 Å². The summed E-state index contributed by atoms with van der Waals surface area (Å²) in [5.41, 5.74) is 2.93. The Morgan fingerprint density at radius 1 is 1.09 bits per heavy atom. The number of rotatable bonds is 7. The zero-order valence-corrected chi connectivity index (χ0v) is 14.6. The summed E-state index contributed by atoms with van der Waals surface area (Å²) in [4.78, 5) is 0. The predicted octanol–water partition coefficient (Wildman–Crippen LogP) is 6.28. The van der Waals surface area contributed by atoms with Crippen molar-refractivity contribution in [3.8, 4) is 5.75 Å². The molecule has 0 aromatic heterocycles. The van der Waals surface area contributed by atoms with Gasteiger partial charge >= 0.3 is 0 Å². The van der Waals surface area contributed by atoms with Crippen molar-refractivity contribution in [3.05, 3.63) is 41.5 Å². The van der Waals surface area contributed by atoms with Gasteiger partial charge < -0.3 is 4.74 Å². The quantitative estimate of drug-likeness (QED) is 0.539. The average Bonchev–Trinajstić information content (AvgIpc) is 2.55. The van der Waals surface area contributed by atoms with Crippen LogP contribution in [0, 0.1) is 5.92 Å². The van der Waals surface area contributed by atoms with Crippen LogP contribution in [0.2, 0.25) is 0 Å². The van der Waals surface area contributed by atoms with E-state index in [1.807, 2.05) is 0 Å². The highest BCUT2D eigenvalue weighted by molar-refractivity contribution is 5.39. The molecule has 0 saturated heterocycles. The summed E-state index contributed by atoms with van der Waals surface area (Å²) in [6.07, 6.45) is 13.6. The molecule has 1 aromatic carbocycles. The van der Waals surface area contributed by atoms with E-state index < -0.39 is 0 Å². The second-order valence-electron chi connectivity index (χ2n) is 6.50. The summed E-state index contributed by atoms with van der Waals surface area (Å²) in [6.45, 7) is 7.28. The van der Waals surface area contributed by atoms with E-state index in [9.17, 15) is 0 Å². The van der Waals surface area contributed by atoms with Crippen LogP contribution in [0.25, 0.3) is 0 Å². The molecule has 2 rings (SSSR count). The van der Waals surface area contributed by atoms with E-state index in [-0.39, 0.29) is 0 Å². The Kier molecular flexibility index (Phi) is 7.02. The van der Waals surface area contributed by atoms with E-state index in [1.54, 1.807) is 0 Å². The first-order valence-electron chi connectivity index (χ1n) is 9.20. The maximum atomic E-state index is 5.78. The van der Waals surface area contributed by atoms with Crippen molar-refractivity contribution in [2.75, 3.05) is 6.61 Å². The lowest BCUT2D eigenvalue weighted by atomic mass is 9.78. The van der Waals surface area contributed by atoms with Crippen LogP contribution in [0.5, 0.6) is 5.75 Å². The van der Waals surface area contributed by atoms with Gasteiger partial charge in [-0.25, -0.2) is 0 Å². The smallest absolute Gasteiger partial charge is 0.122 e. The fourth-order valence-corrected chi connectivity index (χ4v) is 3.59. The zero-order valence-electron chi connectivity index (χ0n) is 14.6. The molecule has 0 N–H and O–H groups in total. The molecule has 122 valence electrons. The molecule has 1 nitrogen and oxygen atoms in total. The van der Waals surface area contributed by atoms with Crippen LogP contribution in [0.1, 0.15) is 76.3 Å². The maximum absolute atomic E-state index is 5.78. The van der Waals surface area contributed by atoms with Crippen LogP contribution in [-0.2, 0) is 6.42 Å². The molecule has 0 radical (unpaired) electrons. The fraction of sp³-hybridized carbons (Fsp3) is 0.619. The van der Waals surface area contributed by atoms with E-state index in [2.05, 4.69) is 51.1 Å². The number of aryl methyl sites for hydroxylation is 1. The maximum Gasteiger partial charge on any atom is 0.122 e. The number of hydrogen-bond donors (Lipinski definition) is 0. The monoisotopic (exact) mass is 300 g/mol. The van der Waals surface area contributed by atoms with Gasteiger partial charge in [-0.15, -0.1) is 0 Å². The zero-order chi connectivity index (χ0) is 15.8. The lowest BCUT2D eigenvalue weighted by molar-refractivity contribution is 0.335. The van der Waals surface area contributed by atoms with Gasteiger partial charge in [-0.05, 0) is 74.5 Å². The van der Waals surface area contributed by atoms with E-state index >= 15 is 0 Å². The van der Waals surface area contributed by atoms with Gasteiger partial charge in [-0.3, -0.25) is 0 Å². The fourth-order valence-electron chi connectivity index (χ4n) is 3.59. The molecule has 0 aliphatic heterocycles. The Morgan fingerprint density at radius 2 is 1.86 bits per heavy atom. The van der Waals surface area contributed by atoms with Crippen LogP contribution >= 0.6 is 0 Å². The van der Waals surface area contributed by atoms with Crippen LogP contribution in [-0.4, -0.2) is 6.61 Å². The van der Waals surface area contributed by atoms with Crippen LogP contribution < -0.4 is 4.74 Å². The Bertz CT molecular complexity index is 467. The van der Waals surface area contributed by atoms with Gasteiger partial charge in [0.1, 0.15) is 5.75 Å². The Balaban J connectivity index is 2.03. The standard InChI is InChI=1S/C21H32O/c1-4-7-9-17-10-12-18(13-11-17)19-14-15-21(22-6-3)20(16-19)8-5-2/h7,9,14-18H,4-6,8,10-13H2,1-3H3/t17-,18-. The van der Waals surface area contributed by atoms with Crippen LogP contribution in [0.15, 0.2) is 30.4 Å². The third-order valence-electron chi connectivity index (χ3n) is 4.79. The number of allylic oxidation sites excluding steroid dienone is 2. The predicted molar refractivity (Wildman–Crippen MR) is 95.7 cm³/mol. The third-order valence-corrected chi connectivity index (χ3v) is 4.79. The molecule has 0 amide bonds. The van der Waals surface area contributed by atoms with Crippen molar-refractivity contribution in [1.29, 1.82) is 0 Å². The summed E-state index contributed by atoms with van der Waals surface area (Å²) in [5.74, 6) is 2.65. The van der Waals surface area contributed by atoms with Crippen molar-refractivity contribution in [3.63, 3.8) is 0 Å². The first kappa shape index (κ1) is 17.1. The van der Waals surface area contributed by atoms with E-state index in [4.69, 9.17) is 4.74 Å². The number of ether oxygens (including phenoxy) is 1. The highest BCUT2D eigenvalue weighted by atomic mass is 16.5. The van der Waals surface area contributed by atoms with E-state index in [0.29, 0.717) is 0 Å². The molecule has 0 atom stereocenters. The molecule has 22 heavy (non-hydrogen) atoms. The minimum Gasteiger partial charge on any atom is -0.494 e. The lowest BCUT2D eigenvalue weighted by Gasteiger charge is -2.27. The van der Waals surface area contributed by atoms with Crippen LogP contribution in [0.4, 0.5) is 0 Å². The second kappa shape index (κ2) is 9.02. The van der Waals surface area contributed by atoms with E-state index in [1.165, 1.54) is 49.7 Å². The van der Waals surface area contributed by atoms with Gasteiger partial charge in [0.2, 0.25) is 0 Å². The van der Waals surface area contributed by atoms with E-state index in [0.717, 1.165) is 30.6 Å². The molecule has 0 spiro atoms. The summed E-state index contributed by atoms with van der Waals surface area (Å²) in [5, 5.41) is 0. The molecule has 1 heteroatoms.